The highest BCUT2D eigenvalue weighted by Gasteiger charge is 2.03. The lowest BCUT2D eigenvalue weighted by molar-refractivity contribution is -0.116. The Balaban J connectivity index is 1.95. The molecule has 0 spiro atoms. The molecule has 0 unspecified atom stereocenters. The summed E-state index contributed by atoms with van der Waals surface area (Å²) in [6, 6.07) is 7.32. The Morgan fingerprint density at radius 2 is 2.12 bits per heavy atom. The molecule has 1 heterocycles. The van der Waals surface area contributed by atoms with Gasteiger partial charge in [-0.3, -0.25) is 4.79 Å². The number of carbonyl (C=O) groups excluding carboxylic acids is 1. The maximum Gasteiger partial charge on any atom is 0.246 e. The van der Waals surface area contributed by atoms with Gasteiger partial charge in [-0.05, 0) is 34.7 Å². The van der Waals surface area contributed by atoms with E-state index < -0.39 is 0 Å². The van der Waals surface area contributed by atoms with Gasteiger partial charge in [0.1, 0.15) is 12.9 Å². The van der Waals surface area contributed by atoms with Crippen molar-refractivity contribution in [2.45, 2.75) is 6.54 Å². The second kappa shape index (κ2) is 4.84. The molecule has 1 N–H and O–H groups in total. The van der Waals surface area contributed by atoms with E-state index in [1.165, 1.54) is 11.0 Å². The number of hydrogen-bond donors (Lipinski definition) is 1. The first-order valence-electron chi connectivity index (χ1n) is 4.50. The fraction of sp³-hybridized carbons (Fsp3) is 0.111. The molecule has 0 saturated heterocycles. The number of hydrogen-bond acceptors (Lipinski definition) is 4. The maximum absolute atomic E-state index is 11.5. The number of halogens is 1. The zero-order valence-electron chi connectivity index (χ0n) is 8.17. The third-order valence-electron chi connectivity index (χ3n) is 1.83. The van der Waals surface area contributed by atoms with Gasteiger partial charge in [0.25, 0.3) is 0 Å². The fourth-order valence-electron chi connectivity index (χ4n) is 1.13. The molecule has 0 fully saturated rings. The average Bonchev–Trinajstić information content (AvgIpc) is 2.74. The standard InChI is InChI=1S/C9H8BrN5O/c10-7-1-3-8(4-2-7)12-9(16)5-15-6-11-13-14-15/h1-4,6H,5H2,(H,12,16). The first kappa shape index (κ1) is 10.7. The SMILES string of the molecule is O=C(Cn1cnnn1)Nc1ccc(Br)cc1. The van der Waals surface area contributed by atoms with E-state index in [2.05, 4.69) is 36.8 Å². The predicted octanol–water partition coefficient (Wildman–Crippen LogP) is 1.07. The summed E-state index contributed by atoms with van der Waals surface area (Å²) in [5.41, 5.74) is 0.737. The van der Waals surface area contributed by atoms with Crippen molar-refractivity contribution < 1.29 is 4.79 Å². The molecule has 0 radical (unpaired) electrons. The normalized spacial score (nSPS) is 10.1. The van der Waals surface area contributed by atoms with Crippen molar-refractivity contribution >= 4 is 27.5 Å². The van der Waals surface area contributed by atoms with Crippen molar-refractivity contribution in [1.82, 2.24) is 20.2 Å². The number of nitrogens with zero attached hydrogens (tertiary/aromatic N) is 4. The Bertz CT molecular complexity index is 467. The Kier molecular flexibility index (Phi) is 3.25. The molecular formula is C9H8BrN5O. The van der Waals surface area contributed by atoms with Crippen LogP contribution in [0.4, 0.5) is 5.69 Å². The molecule has 0 aliphatic carbocycles. The van der Waals surface area contributed by atoms with Gasteiger partial charge in [-0.2, -0.15) is 0 Å². The van der Waals surface area contributed by atoms with Crippen LogP contribution in [0.5, 0.6) is 0 Å². The molecule has 82 valence electrons. The maximum atomic E-state index is 11.5. The van der Waals surface area contributed by atoms with E-state index in [9.17, 15) is 4.79 Å². The molecule has 2 aromatic rings. The Hall–Kier alpha value is -1.76. The molecule has 7 heteroatoms. The minimum atomic E-state index is -0.172. The van der Waals surface area contributed by atoms with E-state index in [0.717, 1.165) is 10.2 Å². The fourth-order valence-corrected chi connectivity index (χ4v) is 1.40. The summed E-state index contributed by atoms with van der Waals surface area (Å²) in [6.45, 7) is 0.100. The second-order valence-corrected chi connectivity index (χ2v) is 3.98. The molecule has 16 heavy (non-hydrogen) atoms. The van der Waals surface area contributed by atoms with Gasteiger partial charge in [0, 0.05) is 10.2 Å². The van der Waals surface area contributed by atoms with Gasteiger partial charge < -0.3 is 5.32 Å². The van der Waals surface area contributed by atoms with E-state index >= 15 is 0 Å². The van der Waals surface area contributed by atoms with E-state index in [0.29, 0.717) is 0 Å². The van der Waals surface area contributed by atoms with Crippen LogP contribution in [0.2, 0.25) is 0 Å². The minimum absolute atomic E-state index is 0.100. The first-order valence-corrected chi connectivity index (χ1v) is 5.29. The molecule has 6 nitrogen and oxygen atoms in total. The van der Waals surface area contributed by atoms with Gasteiger partial charge >= 0.3 is 0 Å². The highest BCUT2D eigenvalue weighted by molar-refractivity contribution is 9.10. The van der Waals surface area contributed by atoms with Crippen molar-refractivity contribution in [2.75, 3.05) is 5.32 Å². The van der Waals surface area contributed by atoms with Crippen LogP contribution in [0, 0.1) is 0 Å². The van der Waals surface area contributed by atoms with Gasteiger partial charge in [-0.1, -0.05) is 15.9 Å². The van der Waals surface area contributed by atoms with Gasteiger partial charge in [0.15, 0.2) is 0 Å². The number of tetrazole rings is 1. The van der Waals surface area contributed by atoms with E-state index in [1.807, 2.05) is 24.3 Å². The van der Waals surface area contributed by atoms with E-state index in [-0.39, 0.29) is 12.5 Å². The summed E-state index contributed by atoms with van der Waals surface area (Å²) in [6.07, 6.45) is 1.39. The molecule has 2 rings (SSSR count). The number of nitrogens with one attached hydrogen (secondary N) is 1. The van der Waals surface area contributed by atoms with Crippen LogP contribution in [0.1, 0.15) is 0 Å². The topological polar surface area (TPSA) is 72.7 Å². The lowest BCUT2D eigenvalue weighted by Crippen LogP contribution is -2.19. The quantitative estimate of drug-likeness (QED) is 0.914. The van der Waals surface area contributed by atoms with Crippen LogP contribution in [0.15, 0.2) is 35.1 Å². The van der Waals surface area contributed by atoms with Crippen LogP contribution >= 0.6 is 15.9 Å². The smallest absolute Gasteiger partial charge is 0.246 e. The lowest BCUT2D eigenvalue weighted by atomic mass is 10.3. The van der Waals surface area contributed by atoms with Gasteiger partial charge in [-0.25, -0.2) is 4.68 Å². The Morgan fingerprint density at radius 1 is 1.38 bits per heavy atom. The monoisotopic (exact) mass is 281 g/mol. The molecule has 0 bridgehead atoms. The number of rotatable bonds is 3. The van der Waals surface area contributed by atoms with E-state index in [1.54, 1.807) is 0 Å². The highest BCUT2D eigenvalue weighted by Crippen LogP contribution is 2.13. The largest absolute Gasteiger partial charge is 0.324 e. The summed E-state index contributed by atoms with van der Waals surface area (Å²) in [5, 5.41) is 13.2. The minimum Gasteiger partial charge on any atom is -0.324 e. The average molecular weight is 282 g/mol. The van der Waals surface area contributed by atoms with Crippen LogP contribution in [-0.2, 0) is 11.3 Å². The molecule has 1 amide bonds. The van der Waals surface area contributed by atoms with Crippen molar-refractivity contribution in [3.8, 4) is 0 Å². The third-order valence-corrected chi connectivity index (χ3v) is 2.35. The summed E-state index contributed by atoms with van der Waals surface area (Å²) in [5.74, 6) is -0.172. The van der Waals surface area contributed by atoms with Crippen LogP contribution in [0.3, 0.4) is 0 Å². The van der Waals surface area contributed by atoms with Crippen molar-refractivity contribution in [2.24, 2.45) is 0 Å². The summed E-state index contributed by atoms with van der Waals surface area (Å²) in [4.78, 5) is 11.5. The van der Waals surface area contributed by atoms with Gasteiger partial charge in [0.2, 0.25) is 5.91 Å². The van der Waals surface area contributed by atoms with Crippen LogP contribution in [-0.4, -0.2) is 26.1 Å². The van der Waals surface area contributed by atoms with Crippen LogP contribution < -0.4 is 5.32 Å². The van der Waals surface area contributed by atoms with Crippen molar-refractivity contribution in [3.05, 3.63) is 35.1 Å². The lowest BCUT2D eigenvalue weighted by Gasteiger charge is -2.04. The van der Waals surface area contributed by atoms with Crippen molar-refractivity contribution in [1.29, 1.82) is 0 Å². The number of carbonyl (C=O) groups is 1. The zero-order valence-corrected chi connectivity index (χ0v) is 9.75. The molecule has 1 aromatic carbocycles. The van der Waals surface area contributed by atoms with E-state index in [4.69, 9.17) is 0 Å². The molecule has 0 atom stereocenters. The predicted molar refractivity (Wildman–Crippen MR) is 60.6 cm³/mol. The number of aromatic nitrogens is 4. The molecule has 0 saturated carbocycles. The van der Waals surface area contributed by atoms with Gasteiger partial charge in [-0.15, -0.1) is 5.10 Å². The number of amides is 1. The first-order chi connectivity index (χ1) is 7.74. The van der Waals surface area contributed by atoms with Crippen molar-refractivity contribution in [3.63, 3.8) is 0 Å². The molecular weight excluding hydrogens is 274 g/mol. The van der Waals surface area contributed by atoms with Gasteiger partial charge in [0.05, 0.1) is 0 Å². The number of benzene rings is 1. The van der Waals surface area contributed by atoms with Crippen LogP contribution in [0.25, 0.3) is 0 Å². The second-order valence-electron chi connectivity index (χ2n) is 3.06. The third kappa shape index (κ3) is 2.86. The Morgan fingerprint density at radius 3 is 2.75 bits per heavy atom. The molecule has 0 aliphatic heterocycles. The zero-order chi connectivity index (χ0) is 11.4. The number of anilines is 1. The highest BCUT2D eigenvalue weighted by atomic mass is 79.9. The summed E-state index contributed by atoms with van der Waals surface area (Å²) in [7, 11) is 0. The summed E-state index contributed by atoms with van der Waals surface area (Å²) < 4.78 is 2.32. The molecule has 1 aromatic heterocycles. The Labute approximate surface area is 99.8 Å². The molecule has 0 aliphatic rings. The summed E-state index contributed by atoms with van der Waals surface area (Å²) >= 11 is 3.32.